The van der Waals surface area contributed by atoms with Gasteiger partial charge in [-0.25, -0.2) is 0 Å². The summed E-state index contributed by atoms with van der Waals surface area (Å²) in [5, 5.41) is 13.9. The summed E-state index contributed by atoms with van der Waals surface area (Å²) in [4.78, 5) is 22.5. The normalized spacial score (nSPS) is 14.2. The van der Waals surface area contributed by atoms with Gasteiger partial charge in [0.2, 0.25) is 5.91 Å². The molecule has 1 aliphatic heterocycles. The van der Waals surface area contributed by atoms with Crippen LogP contribution < -0.4 is 10.1 Å². The van der Waals surface area contributed by atoms with Crippen LogP contribution in [-0.2, 0) is 16.1 Å². The largest absolute Gasteiger partial charge is 0.467 e. The van der Waals surface area contributed by atoms with Crippen LogP contribution in [0.3, 0.4) is 0 Å². The molecule has 0 fully saturated rings. The van der Waals surface area contributed by atoms with Crippen molar-refractivity contribution in [2.75, 3.05) is 6.79 Å². The summed E-state index contributed by atoms with van der Waals surface area (Å²) in [5.74, 6) is 0.254. The summed E-state index contributed by atoms with van der Waals surface area (Å²) in [5.41, 5.74) is 0.710. The van der Waals surface area contributed by atoms with Crippen molar-refractivity contribution in [2.45, 2.75) is 39.3 Å². The molecule has 0 spiro atoms. The van der Waals surface area contributed by atoms with Gasteiger partial charge in [-0.3, -0.25) is 14.9 Å². The van der Waals surface area contributed by atoms with Crippen molar-refractivity contribution in [2.24, 2.45) is 0 Å². The minimum absolute atomic E-state index is 0.0632. The molecule has 0 bridgehead atoms. The molecule has 0 saturated heterocycles. The molecule has 0 saturated carbocycles. The Morgan fingerprint density at radius 2 is 2.22 bits per heavy atom. The van der Waals surface area contributed by atoms with Gasteiger partial charge in [-0.15, -0.1) is 0 Å². The predicted molar refractivity (Wildman–Crippen MR) is 84.9 cm³/mol. The number of nitro benzene ring substituents is 1. The highest BCUT2D eigenvalue weighted by molar-refractivity contribution is 5.92. The average molecular weight is 320 g/mol. The van der Waals surface area contributed by atoms with Crippen LogP contribution in [0.4, 0.5) is 5.69 Å². The van der Waals surface area contributed by atoms with Gasteiger partial charge in [0.1, 0.15) is 5.75 Å². The third-order valence-corrected chi connectivity index (χ3v) is 3.69. The number of carbonyl (C=O) groups is 1. The zero-order chi connectivity index (χ0) is 17.0. The summed E-state index contributed by atoms with van der Waals surface area (Å²) >= 11 is 0. The maximum absolute atomic E-state index is 12.0. The Morgan fingerprint density at radius 3 is 2.87 bits per heavy atom. The van der Waals surface area contributed by atoms with E-state index in [4.69, 9.17) is 9.47 Å². The molecule has 0 aromatic heterocycles. The average Bonchev–Trinajstić information content (AvgIpc) is 2.51. The first kappa shape index (κ1) is 17.0. The molecule has 1 aromatic carbocycles. The zero-order valence-electron chi connectivity index (χ0n) is 13.4. The Hall–Kier alpha value is -2.41. The summed E-state index contributed by atoms with van der Waals surface area (Å²) in [6, 6.07) is 2.81. The second-order valence-corrected chi connectivity index (χ2v) is 5.95. The van der Waals surface area contributed by atoms with Gasteiger partial charge in [0.05, 0.1) is 11.5 Å². The highest BCUT2D eigenvalue weighted by Gasteiger charge is 2.20. The molecule has 2 rings (SSSR count). The Kier molecular flexibility index (Phi) is 5.00. The van der Waals surface area contributed by atoms with E-state index in [9.17, 15) is 14.9 Å². The number of carbonyl (C=O) groups excluding carboxylic acids is 1. The number of rotatable bonds is 5. The maximum Gasteiger partial charge on any atom is 0.270 e. The Balaban J connectivity index is 2.28. The number of amides is 1. The van der Waals surface area contributed by atoms with Gasteiger partial charge in [-0.05, 0) is 26.3 Å². The van der Waals surface area contributed by atoms with E-state index in [2.05, 4.69) is 5.32 Å². The SMILES string of the molecule is CCC(C)(C)NC(=O)/C=C\c1cc([N+](=O)[O-])cc2c1OCOC2. The molecule has 7 heteroatoms. The Bertz CT molecular complexity index is 652. The van der Waals surface area contributed by atoms with E-state index in [-0.39, 0.29) is 30.5 Å². The van der Waals surface area contributed by atoms with E-state index < -0.39 is 4.92 Å². The molecule has 23 heavy (non-hydrogen) atoms. The first-order chi connectivity index (χ1) is 10.8. The fourth-order valence-electron chi connectivity index (χ4n) is 2.09. The topological polar surface area (TPSA) is 90.7 Å². The zero-order valence-corrected chi connectivity index (χ0v) is 13.4. The lowest BCUT2D eigenvalue weighted by Crippen LogP contribution is -2.41. The first-order valence-corrected chi connectivity index (χ1v) is 7.34. The number of nitrogens with zero attached hydrogens (tertiary/aromatic N) is 1. The molecule has 0 unspecified atom stereocenters. The molecule has 0 atom stereocenters. The summed E-state index contributed by atoms with van der Waals surface area (Å²) in [6.45, 7) is 6.16. The standard InChI is InChI=1S/C16H20N2O5/c1-4-16(2,3)17-14(19)6-5-11-7-13(18(20)21)8-12-9-22-10-23-15(11)12/h5-8H,4,9-10H2,1-3H3,(H,17,19)/b6-5-. The van der Waals surface area contributed by atoms with Crippen LogP contribution in [0.2, 0.25) is 0 Å². The molecule has 0 radical (unpaired) electrons. The third kappa shape index (κ3) is 4.29. The lowest BCUT2D eigenvalue weighted by Gasteiger charge is -2.23. The van der Waals surface area contributed by atoms with Crippen LogP contribution in [0.1, 0.15) is 38.3 Å². The van der Waals surface area contributed by atoms with Crippen molar-refractivity contribution in [3.05, 3.63) is 39.4 Å². The number of fused-ring (bicyclic) bond motifs is 1. The van der Waals surface area contributed by atoms with Gasteiger partial charge in [0.25, 0.3) is 5.69 Å². The number of benzene rings is 1. The van der Waals surface area contributed by atoms with Crippen LogP contribution in [0, 0.1) is 10.1 Å². The van der Waals surface area contributed by atoms with Crippen LogP contribution >= 0.6 is 0 Å². The molecule has 1 N–H and O–H groups in total. The number of nitrogens with one attached hydrogen (secondary N) is 1. The second kappa shape index (κ2) is 6.78. The number of hydrogen-bond acceptors (Lipinski definition) is 5. The minimum Gasteiger partial charge on any atom is -0.467 e. The maximum atomic E-state index is 12.0. The number of hydrogen-bond donors (Lipinski definition) is 1. The monoisotopic (exact) mass is 320 g/mol. The smallest absolute Gasteiger partial charge is 0.270 e. The molecule has 1 amide bonds. The van der Waals surface area contributed by atoms with Crippen molar-refractivity contribution in [1.82, 2.24) is 5.32 Å². The highest BCUT2D eigenvalue weighted by Crippen LogP contribution is 2.33. The van der Waals surface area contributed by atoms with Crippen LogP contribution in [-0.4, -0.2) is 23.2 Å². The Morgan fingerprint density at radius 1 is 1.48 bits per heavy atom. The van der Waals surface area contributed by atoms with Crippen molar-refractivity contribution in [3.8, 4) is 5.75 Å². The summed E-state index contributed by atoms with van der Waals surface area (Å²) in [6.07, 6.45) is 3.67. The van der Waals surface area contributed by atoms with E-state index in [0.29, 0.717) is 16.9 Å². The van der Waals surface area contributed by atoms with E-state index in [1.54, 1.807) is 0 Å². The van der Waals surface area contributed by atoms with Crippen molar-refractivity contribution >= 4 is 17.7 Å². The summed E-state index contributed by atoms with van der Waals surface area (Å²) < 4.78 is 10.6. The molecule has 124 valence electrons. The predicted octanol–water partition coefficient (Wildman–Crippen LogP) is 2.78. The first-order valence-electron chi connectivity index (χ1n) is 7.34. The van der Waals surface area contributed by atoms with Crippen LogP contribution in [0.25, 0.3) is 6.08 Å². The second-order valence-electron chi connectivity index (χ2n) is 5.95. The van der Waals surface area contributed by atoms with Gasteiger partial charge in [0, 0.05) is 34.9 Å². The third-order valence-electron chi connectivity index (χ3n) is 3.69. The van der Waals surface area contributed by atoms with E-state index in [1.165, 1.54) is 24.3 Å². The minimum atomic E-state index is -0.480. The Labute approximate surface area is 134 Å². The van der Waals surface area contributed by atoms with Crippen LogP contribution in [0.15, 0.2) is 18.2 Å². The molecule has 7 nitrogen and oxygen atoms in total. The fraction of sp³-hybridized carbons (Fsp3) is 0.438. The van der Waals surface area contributed by atoms with Gasteiger partial charge in [-0.2, -0.15) is 0 Å². The summed E-state index contributed by atoms with van der Waals surface area (Å²) in [7, 11) is 0. The fourth-order valence-corrected chi connectivity index (χ4v) is 2.09. The molecule has 0 aliphatic carbocycles. The van der Waals surface area contributed by atoms with Crippen molar-refractivity contribution in [3.63, 3.8) is 0 Å². The van der Waals surface area contributed by atoms with Gasteiger partial charge in [0.15, 0.2) is 6.79 Å². The highest BCUT2D eigenvalue weighted by atomic mass is 16.7. The lowest BCUT2D eigenvalue weighted by molar-refractivity contribution is -0.385. The molecule has 1 aliphatic rings. The molecule has 1 heterocycles. The number of non-ortho nitro benzene ring substituents is 1. The van der Waals surface area contributed by atoms with E-state index >= 15 is 0 Å². The number of nitro groups is 1. The van der Waals surface area contributed by atoms with Crippen molar-refractivity contribution < 1.29 is 19.2 Å². The molecular weight excluding hydrogens is 300 g/mol. The number of ether oxygens (including phenoxy) is 2. The van der Waals surface area contributed by atoms with Crippen molar-refractivity contribution in [1.29, 1.82) is 0 Å². The quantitative estimate of drug-likeness (QED) is 0.512. The molecular formula is C16H20N2O5. The van der Waals surface area contributed by atoms with Crippen LogP contribution in [0.5, 0.6) is 5.75 Å². The van der Waals surface area contributed by atoms with E-state index in [0.717, 1.165) is 6.42 Å². The van der Waals surface area contributed by atoms with Gasteiger partial charge < -0.3 is 14.8 Å². The van der Waals surface area contributed by atoms with E-state index in [1.807, 2.05) is 20.8 Å². The lowest BCUT2D eigenvalue weighted by atomic mass is 10.0. The van der Waals surface area contributed by atoms with Gasteiger partial charge >= 0.3 is 0 Å². The van der Waals surface area contributed by atoms with Gasteiger partial charge in [-0.1, -0.05) is 6.92 Å². The molecule has 1 aromatic rings.